The number of methoxy groups -OCH3 is 1. The SMILES string of the molecule is COCCN(CCCN)C(=O)c1ccc(C)c(O)c1. The molecular weight excluding hydrogens is 244 g/mol. The van der Waals surface area contributed by atoms with Gasteiger partial charge in [0, 0.05) is 25.8 Å². The van der Waals surface area contributed by atoms with Crippen molar-refractivity contribution >= 4 is 5.91 Å². The zero-order chi connectivity index (χ0) is 14.3. The molecule has 1 aromatic rings. The van der Waals surface area contributed by atoms with Crippen LogP contribution in [-0.4, -0.2) is 49.3 Å². The molecule has 1 rings (SSSR count). The zero-order valence-corrected chi connectivity index (χ0v) is 11.6. The molecule has 0 bridgehead atoms. The van der Waals surface area contributed by atoms with E-state index in [4.69, 9.17) is 10.5 Å². The van der Waals surface area contributed by atoms with Gasteiger partial charge in [-0.1, -0.05) is 6.07 Å². The minimum absolute atomic E-state index is 0.110. The van der Waals surface area contributed by atoms with Crippen molar-refractivity contribution in [2.45, 2.75) is 13.3 Å². The maximum Gasteiger partial charge on any atom is 0.254 e. The van der Waals surface area contributed by atoms with E-state index in [1.54, 1.807) is 31.1 Å². The van der Waals surface area contributed by atoms with E-state index in [-0.39, 0.29) is 11.7 Å². The molecule has 0 fully saturated rings. The molecule has 1 aromatic carbocycles. The van der Waals surface area contributed by atoms with Crippen molar-refractivity contribution in [1.29, 1.82) is 0 Å². The minimum atomic E-state index is -0.110. The van der Waals surface area contributed by atoms with Crippen molar-refractivity contribution in [3.63, 3.8) is 0 Å². The van der Waals surface area contributed by atoms with Crippen LogP contribution in [0.4, 0.5) is 0 Å². The number of carbonyl (C=O) groups excluding carboxylic acids is 1. The van der Waals surface area contributed by atoms with Crippen LogP contribution in [-0.2, 0) is 4.74 Å². The number of phenolic OH excluding ortho intramolecular Hbond substituents is 1. The Morgan fingerprint density at radius 2 is 2.16 bits per heavy atom. The Kier molecular flexibility index (Phi) is 6.32. The molecule has 19 heavy (non-hydrogen) atoms. The standard InChI is InChI=1S/C14H22N2O3/c1-11-4-5-12(10-13(11)17)14(18)16(7-3-6-15)8-9-19-2/h4-5,10,17H,3,6-9,15H2,1-2H3. The molecule has 3 N–H and O–H groups in total. The van der Waals surface area contributed by atoms with E-state index in [0.29, 0.717) is 31.8 Å². The molecule has 0 radical (unpaired) electrons. The van der Waals surface area contributed by atoms with Gasteiger partial charge in [0.15, 0.2) is 0 Å². The molecule has 0 spiro atoms. The van der Waals surface area contributed by atoms with Crippen LogP contribution >= 0.6 is 0 Å². The maximum absolute atomic E-state index is 12.3. The first kappa shape index (κ1) is 15.5. The molecule has 0 unspecified atom stereocenters. The third-order valence-corrected chi connectivity index (χ3v) is 2.94. The summed E-state index contributed by atoms with van der Waals surface area (Å²) in [6.07, 6.45) is 0.743. The van der Waals surface area contributed by atoms with Crippen LogP contribution in [0.25, 0.3) is 0 Å². The highest BCUT2D eigenvalue weighted by Gasteiger charge is 2.15. The van der Waals surface area contributed by atoms with Gasteiger partial charge in [0.2, 0.25) is 0 Å². The first-order chi connectivity index (χ1) is 9.10. The van der Waals surface area contributed by atoms with Gasteiger partial charge >= 0.3 is 0 Å². The quantitative estimate of drug-likeness (QED) is 0.776. The summed E-state index contributed by atoms with van der Waals surface area (Å²) < 4.78 is 5.01. The number of aryl methyl sites for hydroxylation is 1. The Morgan fingerprint density at radius 3 is 2.74 bits per heavy atom. The van der Waals surface area contributed by atoms with Crippen LogP contribution in [0.3, 0.4) is 0 Å². The van der Waals surface area contributed by atoms with Gasteiger partial charge in [0.1, 0.15) is 5.75 Å². The van der Waals surface area contributed by atoms with Crippen LogP contribution in [0.15, 0.2) is 18.2 Å². The summed E-state index contributed by atoms with van der Waals surface area (Å²) in [6, 6.07) is 4.96. The highest BCUT2D eigenvalue weighted by Crippen LogP contribution is 2.18. The predicted octanol–water partition coefficient (Wildman–Crippen LogP) is 1.14. The molecule has 106 valence electrons. The van der Waals surface area contributed by atoms with Gasteiger partial charge in [-0.25, -0.2) is 0 Å². The normalized spacial score (nSPS) is 10.5. The lowest BCUT2D eigenvalue weighted by atomic mass is 10.1. The van der Waals surface area contributed by atoms with Crippen LogP contribution in [0.1, 0.15) is 22.3 Å². The number of hydrogen-bond donors (Lipinski definition) is 2. The van der Waals surface area contributed by atoms with Crippen LogP contribution in [0.5, 0.6) is 5.75 Å². The van der Waals surface area contributed by atoms with Crippen molar-refractivity contribution < 1.29 is 14.6 Å². The minimum Gasteiger partial charge on any atom is -0.508 e. The summed E-state index contributed by atoms with van der Waals surface area (Å²) in [6.45, 7) is 3.92. The largest absolute Gasteiger partial charge is 0.508 e. The molecule has 0 aliphatic carbocycles. The fourth-order valence-corrected chi connectivity index (χ4v) is 1.72. The number of nitrogens with zero attached hydrogens (tertiary/aromatic N) is 1. The van der Waals surface area contributed by atoms with Gasteiger partial charge in [-0.05, 0) is 37.6 Å². The molecule has 0 heterocycles. The van der Waals surface area contributed by atoms with E-state index < -0.39 is 0 Å². The predicted molar refractivity (Wildman–Crippen MR) is 74.3 cm³/mol. The monoisotopic (exact) mass is 266 g/mol. The lowest BCUT2D eigenvalue weighted by molar-refractivity contribution is 0.0694. The molecule has 0 aromatic heterocycles. The Morgan fingerprint density at radius 1 is 1.42 bits per heavy atom. The first-order valence-corrected chi connectivity index (χ1v) is 6.38. The fourth-order valence-electron chi connectivity index (χ4n) is 1.72. The summed E-state index contributed by atoms with van der Waals surface area (Å²) in [7, 11) is 1.60. The van der Waals surface area contributed by atoms with E-state index in [0.717, 1.165) is 12.0 Å². The number of hydrogen-bond acceptors (Lipinski definition) is 4. The second-order valence-electron chi connectivity index (χ2n) is 4.43. The smallest absolute Gasteiger partial charge is 0.254 e. The van der Waals surface area contributed by atoms with Crippen molar-refractivity contribution in [2.75, 3.05) is 33.4 Å². The highest BCUT2D eigenvalue weighted by molar-refractivity contribution is 5.94. The molecule has 0 saturated carbocycles. The number of aromatic hydroxyl groups is 1. The second-order valence-corrected chi connectivity index (χ2v) is 4.43. The number of rotatable bonds is 7. The van der Waals surface area contributed by atoms with Crippen LogP contribution in [0, 0.1) is 6.92 Å². The van der Waals surface area contributed by atoms with Gasteiger partial charge < -0.3 is 20.5 Å². The van der Waals surface area contributed by atoms with Crippen LogP contribution < -0.4 is 5.73 Å². The van der Waals surface area contributed by atoms with Crippen molar-refractivity contribution in [3.05, 3.63) is 29.3 Å². The number of amides is 1. The van der Waals surface area contributed by atoms with Crippen molar-refractivity contribution in [3.8, 4) is 5.75 Å². The summed E-state index contributed by atoms with van der Waals surface area (Å²) in [5.41, 5.74) is 6.71. The third kappa shape index (κ3) is 4.54. The maximum atomic E-state index is 12.3. The Balaban J connectivity index is 2.81. The molecular formula is C14H22N2O3. The van der Waals surface area contributed by atoms with Crippen LogP contribution in [0.2, 0.25) is 0 Å². The van der Waals surface area contributed by atoms with E-state index in [1.807, 2.05) is 0 Å². The Labute approximate surface area is 114 Å². The molecule has 5 nitrogen and oxygen atoms in total. The van der Waals surface area contributed by atoms with E-state index in [1.165, 1.54) is 6.07 Å². The molecule has 0 saturated heterocycles. The number of phenols is 1. The lowest BCUT2D eigenvalue weighted by Gasteiger charge is -2.22. The molecule has 5 heteroatoms. The Hall–Kier alpha value is -1.59. The molecule has 0 atom stereocenters. The van der Waals surface area contributed by atoms with Crippen molar-refractivity contribution in [2.24, 2.45) is 5.73 Å². The third-order valence-electron chi connectivity index (χ3n) is 2.94. The van der Waals surface area contributed by atoms with Gasteiger partial charge in [0.25, 0.3) is 5.91 Å². The van der Waals surface area contributed by atoms with E-state index >= 15 is 0 Å². The van der Waals surface area contributed by atoms with E-state index in [9.17, 15) is 9.90 Å². The number of benzene rings is 1. The molecule has 0 aliphatic heterocycles. The lowest BCUT2D eigenvalue weighted by Crippen LogP contribution is -2.35. The van der Waals surface area contributed by atoms with Crippen molar-refractivity contribution in [1.82, 2.24) is 4.90 Å². The number of ether oxygens (including phenoxy) is 1. The molecule has 1 amide bonds. The van der Waals surface area contributed by atoms with Gasteiger partial charge in [-0.3, -0.25) is 4.79 Å². The summed E-state index contributed by atoms with van der Waals surface area (Å²) in [5, 5.41) is 9.67. The van der Waals surface area contributed by atoms with Gasteiger partial charge in [0.05, 0.1) is 6.61 Å². The average Bonchev–Trinajstić information content (AvgIpc) is 2.41. The second kappa shape index (κ2) is 7.76. The van der Waals surface area contributed by atoms with Gasteiger partial charge in [-0.2, -0.15) is 0 Å². The van der Waals surface area contributed by atoms with Gasteiger partial charge in [-0.15, -0.1) is 0 Å². The summed E-state index contributed by atoms with van der Waals surface area (Å²) >= 11 is 0. The Bertz CT molecular complexity index is 413. The number of nitrogens with two attached hydrogens (primary N) is 1. The topological polar surface area (TPSA) is 75.8 Å². The highest BCUT2D eigenvalue weighted by atomic mass is 16.5. The zero-order valence-electron chi connectivity index (χ0n) is 11.6. The summed E-state index contributed by atoms with van der Waals surface area (Å²) in [5.74, 6) is 0.0252. The average molecular weight is 266 g/mol. The molecule has 0 aliphatic rings. The van der Waals surface area contributed by atoms with E-state index in [2.05, 4.69) is 0 Å². The number of carbonyl (C=O) groups is 1. The summed E-state index contributed by atoms with van der Waals surface area (Å²) in [4.78, 5) is 14.0. The first-order valence-electron chi connectivity index (χ1n) is 6.38. The fraction of sp³-hybridized carbons (Fsp3) is 0.500.